The number of aliphatic hydroxyl groups excluding tert-OH is 1. The van der Waals surface area contributed by atoms with Gasteiger partial charge in [-0.1, -0.05) is 19.1 Å². The largest absolute Gasteiger partial charge is 0.491 e. The van der Waals surface area contributed by atoms with E-state index < -0.39 is 11.5 Å². The van der Waals surface area contributed by atoms with Gasteiger partial charge in [0.25, 0.3) is 0 Å². The molecule has 3 nitrogen and oxygen atoms in total. The molecule has 0 aliphatic carbocycles. The lowest BCUT2D eigenvalue weighted by Gasteiger charge is -2.26. The number of benzene rings is 1. The number of hydrogen-bond donors (Lipinski definition) is 1. The van der Waals surface area contributed by atoms with E-state index in [2.05, 4.69) is 6.07 Å². The van der Waals surface area contributed by atoms with E-state index in [4.69, 9.17) is 4.74 Å². The Balaban J connectivity index is 3.00. The van der Waals surface area contributed by atoms with E-state index in [-0.39, 0.29) is 6.10 Å². The molecule has 1 rings (SSSR count). The standard InChI is InChI=1S/C15H21NO2/c1-5-15(4,10-16)14(17)12-7-6-8-13(9-12)18-11(2)3/h6-9,11,14,17H,5H2,1-4H3. The first kappa shape index (κ1) is 14.5. The molecule has 1 aromatic rings. The highest BCUT2D eigenvalue weighted by Gasteiger charge is 2.32. The van der Waals surface area contributed by atoms with Crippen LogP contribution in [0.4, 0.5) is 0 Å². The van der Waals surface area contributed by atoms with Gasteiger partial charge in [-0.2, -0.15) is 5.26 Å². The van der Waals surface area contributed by atoms with E-state index in [0.29, 0.717) is 6.42 Å². The molecule has 0 fully saturated rings. The maximum atomic E-state index is 10.3. The first-order valence-electron chi connectivity index (χ1n) is 6.29. The fourth-order valence-electron chi connectivity index (χ4n) is 1.73. The van der Waals surface area contributed by atoms with Gasteiger partial charge >= 0.3 is 0 Å². The molecular formula is C15H21NO2. The van der Waals surface area contributed by atoms with Crippen LogP contribution in [0.5, 0.6) is 5.75 Å². The van der Waals surface area contributed by atoms with Crippen LogP contribution in [0.3, 0.4) is 0 Å². The summed E-state index contributed by atoms with van der Waals surface area (Å²) < 4.78 is 5.59. The molecule has 0 radical (unpaired) electrons. The Morgan fingerprint density at radius 1 is 1.44 bits per heavy atom. The predicted molar refractivity (Wildman–Crippen MR) is 71.2 cm³/mol. The minimum atomic E-state index is -0.803. The Bertz CT molecular complexity index is 436. The van der Waals surface area contributed by atoms with Crippen LogP contribution >= 0.6 is 0 Å². The van der Waals surface area contributed by atoms with Gasteiger partial charge in [0.15, 0.2) is 0 Å². The molecule has 0 aromatic heterocycles. The normalized spacial score (nSPS) is 15.8. The van der Waals surface area contributed by atoms with Gasteiger partial charge in [-0.05, 0) is 44.9 Å². The molecule has 0 heterocycles. The highest BCUT2D eigenvalue weighted by atomic mass is 16.5. The summed E-state index contributed by atoms with van der Waals surface area (Å²) in [4.78, 5) is 0. The van der Waals surface area contributed by atoms with Crippen molar-refractivity contribution in [3.8, 4) is 11.8 Å². The third-order valence-corrected chi connectivity index (χ3v) is 3.14. The first-order valence-corrected chi connectivity index (χ1v) is 6.29. The maximum Gasteiger partial charge on any atom is 0.120 e. The van der Waals surface area contributed by atoms with Crippen molar-refractivity contribution < 1.29 is 9.84 Å². The lowest BCUT2D eigenvalue weighted by Crippen LogP contribution is -2.23. The second-order valence-corrected chi connectivity index (χ2v) is 5.02. The minimum Gasteiger partial charge on any atom is -0.491 e. The van der Waals surface area contributed by atoms with Gasteiger partial charge in [0.05, 0.1) is 23.7 Å². The maximum absolute atomic E-state index is 10.3. The summed E-state index contributed by atoms with van der Waals surface area (Å²) in [6, 6.07) is 9.51. The van der Waals surface area contributed by atoms with E-state index in [0.717, 1.165) is 11.3 Å². The predicted octanol–water partition coefficient (Wildman–Crippen LogP) is 3.45. The molecule has 2 unspecified atom stereocenters. The molecule has 0 spiro atoms. The molecule has 0 aliphatic rings. The monoisotopic (exact) mass is 247 g/mol. The summed E-state index contributed by atoms with van der Waals surface area (Å²) in [7, 11) is 0. The van der Waals surface area contributed by atoms with Gasteiger partial charge in [0.2, 0.25) is 0 Å². The zero-order valence-electron chi connectivity index (χ0n) is 11.5. The lowest BCUT2D eigenvalue weighted by atomic mass is 9.80. The summed E-state index contributed by atoms with van der Waals surface area (Å²) in [5.41, 5.74) is -0.0461. The number of aliphatic hydroxyl groups is 1. The Morgan fingerprint density at radius 3 is 2.61 bits per heavy atom. The Labute approximate surface area is 109 Å². The molecule has 18 heavy (non-hydrogen) atoms. The molecule has 0 saturated carbocycles. The van der Waals surface area contributed by atoms with E-state index in [9.17, 15) is 10.4 Å². The molecule has 0 aliphatic heterocycles. The third-order valence-electron chi connectivity index (χ3n) is 3.14. The van der Waals surface area contributed by atoms with Crippen molar-refractivity contribution in [2.75, 3.05) is 0 Å². The second-order valence-electron chi connectivity index (χ2n) is 5.02. The van der Waals surface area contributed by atoms with E-state index >= 15 is 0 Å². The number of nitriles is 1. The summed E-state index contributed by atoms with van der Waals surface area (Å²) in [6.07, 6.45) is -0.117. The summed E-state index contributed by atoms with van der Waals surface area (Å²) >= 11 is 0. The number of nitrogens with zero attached hydrogens (tertiary/aromatic N) is 1. The van der Waals surface area contributed by atoms with Crippen LogP contribution in [0.1, 0.15) is 45.8 Å². The van der Waals surface area contributed by atoms with Gasteiger partial charge in [-0.3, -0.25) is 0 Å². The molecule has 0 saturated heterocycles. The Morgan fingerprint density at radius 2 is 2.11 bits per heavy atom. The van der Waals surface area contributed by atoms with Crippen molar-refractivity contribution in [3.05, 3.63) is 29.8 Å². The van der Waals surface area contributed by atoms with Gasteiger partial charge in [0.1, 0.15) is 5.75 Å². The van der Waals surface area contributed by atoms with Crippen molar-refractivity contribution in [1.29, 1.82) is 5.26 Å². The molecule has 0 amide bonds. The highest BCUT2D eigenvalue weighted by Crippen LogP contribution is 2.37. The molecular weight excluding hydrogens is 226 g/mol. The summed E-state index contributed by atoms with van der Waals surface area (Å²) in [6.45, 7) is 7.58. The van der Waals surface area contributed by atoms with Crippen molar-refractivity contribution in [2.45, 2.75) is 46.3 Å². The molecule has 1 N–H and O–H groups in total. The number of ether oxygens (including phenoxy) is 1. The molecule has 0 bridgehead atoms. The highest BCUT2D eigenvalue weighted by molar-refractivity contribution is 5.32. The number of hydrogen-bond acceptors (Lipinski definition) is 3. The van der Waals surface area contributed by atoms with Crippen LogP contribution in [0.15, 0.2) is 24.3 Å². The van der Waals surface area contributed by atoms with Crippen LogP contribution in [-0.4, -0.2) is 11.2 Å². The van der Waals surface area contributed by atoms with Crippen molar-refractivity contribution in [2.24, 2.45) is 5.41 Å². The quantitative estimate of drug-likeness (QED) is 0.867. The van der Waals surface area contributed by atoms with E-state index in [1.54, 1.807) is 13.0 Å². The van der Waals surface area contributed by atoms with Gasteiger partial charge in [0, 0.05) is 0 Å². The SMILES string of the molecule is CCC(C)(C#N)C(O)c1cccc(OC(C)C)c1. The fourth-order valence-corrected chi connectivity index (χ4v) is 1.73. The van der Waals surface area contributed by atoms with Crippen molar-refractivity contribution >= 4 is 0 Å². The van der Waals surface area contributed by atoms with Crippen molar-refractivity contribution in [1.82, 2.24) is 0 Å². The smallest absolute Gasteiger partial charge is 0.120 e. The van der Waals surface area contributed by atoms with Crippen LogP contribution in [-0.2, 0) is 0 Å². The second kappa shape index (κ2) is 5.88. The van der Waals surface area contributed by atoms with Crippen molar-refractivity contribution in [3.63, 3.8) is 0 Å². The zero-order chi connectivity index (χ0) is 13.8. The Hall–Kier alpha value is -1.53. The van der Waals surface area contributed by atoms with Crippen LogP contribution < -0.4 is 4.74 Å². The Kier molecular flexibility index (Phi) is 4.75. The van der Waals surface area contributed by atoms with E-state index in [1.165, 1.54) is 0 Å². The molecule has 2 atom stereocenters. The average Bonchev–Trinajstić information content (AvgIpc) is 2.36. The van der Waals surface area contributed by atoms with E-state index in [1.807, 2.05) is 39.0 Å². The number of rotatable bonds is 5. The topological polar surface area (TPSA) is 53.2 Å². The first-order chi connectivity index (χ1) is 8.42. The summed E-state index contributed by atoms with van der Waals surface area (Å²) in [5, 5.41) is 19.5. The average molecular weight is 247 g/mol. The summed E-state index contributed by atoms with van der Waals surface area (Å²) in [5.74, 6) is 0.720. The van der Waals surface area contributed by atoms with Gasteiger partial charge in [-0.25, -0.2) is 0 Å². The van der Waals surface area contributed by atoms with Crippen LogP contribution in [0.2, 0.25) is 0 Å². The zero-order valence-corrected chi connectivity index (χ0v) is 11.5. The van der Waals surface area contributed by atoms with Crippen LogP contribution in [0.25, 0.3) is 0 Å². The molecule has 98 valence electrons. The van der Waals surface area contributed by atoms with Crippen LogP contribution in [0, 0.1) is 16.7 Å². The minimum absolute atomic E-state index is 0.0888. The molecule has 1 aromatic carbocycles. The van der Waals surface area contributed by atoms with Gasteiger partial charge in [-0.15, -0.1) is 0 Å². The molecule has 3 heteroatoms. The fraction of sp³-hybridized carbons (Fsp3) is 0.533. The van der Waals surface area contributed by atoms with Gasteiger partial charge < -0.3 is 9.84 Å². The third kappa shape index (κ3) is 3.24. The lowest BCUT2D eigenvalue weighted by molar-refractivity contribution is 0.0718.